The van der Waals surface area contributed by atoms with Gasteiger partial charge in [0, 0.05) is 14.0 Å². The number of hydrogen-bond donors (Lipinski definition) is 2. The van der Waals surface area contributed by atoms with Crippen LogP contribution in [-0.4, -0.2) is 29.7 Å². The zero-order valence-electron chi connectivity index (χ0n) is 11.6. The smallest absolute Gasteiger partial charge is 0.394 e. The van der Waals surface area contributed by atoms with Gasteiger partial charge in [-0.25, -0.2) is 0 Å². The van der Waals surface area contributed by atoms with Crippen LogP contribution in [0.4, 0.5) is 0 Å². The number of carbonyl (C=O) groups excluding carboxylic acids is 2. The summed E-state index contributed by atoms with van der Waals surface area (Å²) < 4.78 is 9.73. The first-order valence-electron chi connectivity index (χ1n) is 6.00. The molecule has 0 saturated carbocycles. The van der Waals surface area contributed by atoms with Gasteiger partial charge in [-0.2, -0.15) is 0 Å². The fourth-order valence-electron chi connectivity index (χ4n) is 1.59. The molecular formula is C13H18NO5P. The molecule has 1 aromatic carbocycles. The van der Waals surface area contributed by atoms with Crippen LogP contribution in [-0.2, 0) is 20.5 Å². The average Bonchev–Trinajstić information content (AvgIpc) is 2.39. The van der Waals surface area contributed by atoms with E-state index in [0.29, 0.717) is 12.2 Å². The number of carbonyl (C=O) groups is 2. The number of hydrogen-bond acceptors (Lipinski definition) is 5. The summed E-state index contributed by atoms with van der Waals surface area (Å²) in [7, 11) is -0.562. The number of rotatable bonds is 7. The van der Waals surface area contributed by atoms with Crippen molar-refractivity contribution in [2.45, 2.75) is 26.3 Å². The van der Waals surface area contributed by atoms with Gasteiger partial charge in [0.2, 0.25) is 5.91 Å². The van der Waals surface area contributed by atoms with Gasteiger partial charge in [-0.05, 0) is 31.0 Å². The second kappa shape index (κ2) is 7.94. The SMILES string of the molecule is COP(O)Oc1ccc(CC(NC(C)=O)C(C)=O)cc1. The first-order valence-corrected chi connectivity index (χ1v) is 7.13. The van der Waals surface area contributed by atoms with Crippen molar-refractivity contribution in [3.05, 3.63) is 29.8 Å². The van der Waals surface area contributed by atoms with E-state index in [2.05, 4.69) is 9.84 Å². The van der Waals surface area contributed by atoms with E-state index in [1.54, 1.807) is 24.3 Å². The summed E-state index contributed by atoms with van der Waals surface area (Å²) >= 11 is 0. The third-order valence-electron chi connectivity index (χ3n) is 2.57. The normalized spacial score (nSPS) is 13.4. The van der Waals surface area contributed by atoms with Crippen LogP contribution in [0.3, 0.4) is 0 Å². The first-order chi connectivity index (χ1) is 9.42. The molecule has 1 aromatic rings. The zero-order chi connectivity index (χ0) is 15.1. The first kappa shape index (κ1) is 16.6. The molecule has 0 aliphatic heterocycles. The minimum atomic E-state index is -1.91. The van der Waals surface area contributed by atoms with E-state index >= 15 is 0 Å². The Morgan fingerprint density at radius 1 is 1.30 bits per heavy atom. The lowest BCUT2D eigenvalue weighted by molar-refractivity contribution is -0.125. The third-order valence-corrected chi connectivity index (χ3v) is 3.25. The lowest BCUT2D eigenvalue weighted by Crippen LogP contribution is -2.40. The van der Waals surface area contributed by atoms with Gasteiger partial charge < -0.3 is 19.3 Å². The molecule has 110 valence electrons. The Hall–Kier alpha value is -1.49. The minimum Gasteiger partial charge on any atom is -0.427 e. The average molecular weight is 299 g/mol. The van der Waals surface area contributed by atoms with Crippen molar-refractivity contribution in [1.82, 2.24) is 5.32 Å². The van der Waals surface area contributed by atoms with Crippen molar-refractivity contribution in [3.63, 3.8) is 0 Å². The van der Waals surface area contributed by atoms with E-state index < -0.39 is 14.6 Å². The largest absolute Gasteiger partial charge is 0.427 e. The van der Waals surface area contributed by atoms with Gasteiger partial charge in [0.1, 0.15) is 5.75 Å². The second-order valence-electron chi connectivity index (χ2n) is 4.22. The minimum absolute atomic E-state index is 0.0983. The number of nitrogens with one attached hydrogen (secondary N) is 1. The van der Waals surface area contributed by atoms with Crippen LogP contribution in [0.25, 0.3) is 0 Å². The molecule has 0 radical (unpaired) electrons. The van der Waals surface area contributed by atoms with Gasteiger partial charge in [-0.1, -0.05) is 12.1 Å². The van der Waals surface area contributed by atoms with Crippen molar-refractivity contribution < 1.29 is 23.5 Å². The molecule has 2 N–H and O–H groups in total. The Morgan fingerprint density at radius 2 is 1.90 bits per heavy atom. The van der Waals surface area contributed by atoms with E-state index in [-0.39, 0.29) is 11.7 Å². The van der Waals surface area contributed by atoms with Gasteiger partial charge in [0.25, 0.3) is 0 Å². The van der Waals surface area contributed by atoms with E-state index in [4.69, 9.17) is 4.52 Å². The van der Waals surface area contributed by atoms with E-state index in [1.807, 2.05) is 0 Å². The molecular weight excluding hydrogens is 281 g/mol. The number of amides is 1. The molecule has 20 heavy (non-hydrogen) atoms. The molecule has 0 aliphatic rings. The van der Waals surface area contributed by atoms with Gasteiger partial charge in [-0.3, -0.25) is 9.59 Å². The monoisotopic (exact) mass is 299 g/mol. The topological polar surface area (TPSA) is 84.9 Å². The number of ketones is 1. The summed E-state index contributed by atoms with van der Waals surface area (Å²) in [5.41, 5.74) is 0.881. The molecule has 0 aromatic heterocycles. The molecule has 0 aliphatic carbocycles. The molecule has 0 saturated heterocycles. The lowest BCUT2D eigenvalue weighted by Gasteiger charge is -2.15. The van der Waals surface area contributed by atoms with Crippen LogP contribution in [0.5, 0.6) is 5.75 Å². The zero-order valence-corrected chi connectivity index (χ0v) is 12.5. The maximum absolute atomic E-state index is 11.4. The highest BCUT2D eigenvalue weighted by Crippen LogP contribution is 2.33. The summed E-state index contributed by atoms with van der Waals surface area (Å²) in [6.45, 7) is 2.82. The van der Waals surface area contributed by atoms with Crippen molar-refractivity contribution in [2.24, 2.45) is 0 Å². The lowest BCUT2D eigenvalue weighted by atomic mass is 10.0. The summed E-state index contributed by atoms with van der Waals surface area (Å²) in [5.74, 6) is 0.137. The van der Waals surface area contributed by atoms with Gasteiger partial charge in [0.15, 0.2) is 5.78 Å². The van der Waals surface area contributed by atoms with Crippen molar-refractivity contribution in [3.8, 4) is 5.75 Å². The maximum atomic E-state index is 11.4. The van der Waals surface area contributed by atoms with Crippen LogP contribution in [0.2, 0.25) is 0 Å². The fourth-order valence-corrected chi connectivity index (χ4v) is 1.97. The molecule has 7 heteroatoms. The van der Waals surface area contributed by atoms with Crippen LogP contribution in [0, 0.1) is 0 Å². The fraction of sp³-hybridized carbons (Fsp3) is 0.385. The molecule has 1 rings (SSSR count). The van der Waals surface area contributed by atoms with E-state index in [0.717, 1.165) is 5.56 Å². The van der Waals surface area contributed by atoms with Crippen LogP contribution < -0.4 is 9.84 Å². The van der Waals surface area contributed by atoms with Crippen molar-refractivity contribution in [1.29, 1.82) is 0 Å². The molecule has 0 fully saturated rings. The summed E-state index contributed by atoms with van der Waals surface area (Å²) in [6.07, 6.45) is 0.410. The highest BCUT2D eigenvalue weighted by Gasteiger charge is 2.16. The number of benzene rings is 1. The molecule has 2 atom stereocenters. The Morgan fingerprint density at radius 3 is 2.35 bits per heavy atom. The highest BCUT2D eigenvalue weighted by molar-refractivity contribution is 7.41. The third kappa shape index (κ3) is 5.65. The maximum Gasteiger partial charge on any atom is 0.394 e. The van der Waals surface area contributed by atoms with E-state index in [9.17, 15) is 14.5 Å². The molecule has 0 heterocycles. The van der Waals surface area contributed by atoms with Gasteiger partial charge >= 0.3 is 8.60 Å². The summed E-state index contributed by atoms with van der Waals surface area (Å²) in [6, 6.07) is 6.35. The predicted molar refractivity (Wildman–Crippen MR) is 75.2 cm³/mol. The molecule has 1 amide bonds. The van der Waals surface area contributed by atoms with Crippen molar-refractivity contribution in [2.75, 3.05) is 7.11 Å². The Labute approximate surface area is 119 Å². The highest BCUT2D eigenvalue weighted by atomic mass is 31.2. The number of Topliss-reactive ketones (excluding diaryl/α,β-unsaturated/α-hetero) is 1. The van der Waals surface area contributed by atoms with Crippen molar-refractivity contribution >= 4 is 20.3 Å². The standard InChI is InChI=1S/C13H18NO5P/c1-9(15)13(14-10(2)16)8-11-4-6-12(7-5-11)19-20(17)18-3/h4-7,13,17H,8H2,1-3H3,(H,14,16). The summed E-state index contributed by atoms with van der Waals surface area (Å²) in [4.78, 5) is 31.7. The molecule has 2 unspecified atom stereocenters. The predicted octanol–water partition coefficient (Wildman–Crippen LogP) is 1.57. The molecule has 6 nitrogen and oxygen atoms in total. The van der Waals surface area contributed by atoms with Crippen LogP contribution in [0.1, 0.15) is 19.4 Å². The Bertz CT molecular complexity index is 462. The quantitative estimate of drug-likeness (QED) is 0.746. The van der Waals surface area contributed by atoms with Gasteiger partial charge in [-0.15, -0.1) is 0 Å². The Balaban J connectivity index is 2.67. The second-order valence-corrected chi connectivity index (χ2v) is 5.25. The van der Waals surface area contributed by atoms with E-state index in [1.165, 1.54) is 21.0 Å². The molecule has 0 bridgehead atoms. The summed E-state index contributed by atoms with van der Waals surface area (Å²) in [5, 5.41) is 2.61. The molecule has 0 spiro atoms. The van der Waals surface area contributed by atoms with Crippen LogP contribution >= 0.6 is 8.60 Å². The van der Waals surface area contributed by atoms with Gasteiger partial charge in [0.05, 0.1) is 6.04 Å². The Kier molecular flexibility index (Phi) is 6.58. The van der Waals surface area contributed by atoms with Crippen LogP contribution in [0.15, 0.2) is 24.3 Å².